The minimum Gasteiger partial charge on any atom is -0.309 e. The molecule has 1 aromatic carbocycles. The fraction of sp³-hybridized carbons (Fsp3) is 0.385. The number of benzene rings is 1. The molecule has 0 aliphatic heterocycles. The highest BCUT2D eigenvalue weighted by Gasteiger charge is 2.02. The van der Waals surface area contributed by atoms with Crippen LogP contribution in [0.15, 0.2) is 36.5 Å². The SMILES string of the molecule is CC(C)NCc1cn(Cc2ccccc2)nn1. The van der Waals surface area contributed by atoms with Gasteiger partial charge >= 0.3 is 0 Å². The maximum Gasteiger partial charge on any atom is 0.0965 e. The summed E-state index contributed by atoms with van der Waals surface area (Å²) in [5.74, 6) is 0. The molecular weight excluding hydrogens is 212 g/mol. The summed E-state index contributed by atoms with van der Waals surface area (Å²) in [6.45, 7) is 5.78. The van der Waals surface area contributed by atoms with Gasteiger partial charge < -0.3 is 5.32 Å². The van der Waals surface area contributed by atoms with Crippen LogP contribution >= 0.6 is 0 Å². The van der Waals surface area contributed by atoms with Gasteiger partial charge in [-0.25, -0.2) is 4.68 Å². The van der Waals surface area contributed by atoms with Gasteiger partial charge in [0.25, 0.3) is 0 Å². The minimum absolute atomic E-state index is 0.467. The minimum atomic E-state index is 0.467. The highest BCUT2D eigenvalue weighted by Crippen LogP contribution is 2.02. The normalized spacial score (nSPS) is 11.0. The Morgan fingerprint density at radius 2 is 2.00 bits per heavy atom. The van der Waals surface area contributed by atoms with Gasteiger partial charge in [0.15, 0.2) is 0 Å². The van der Waals surface area contributed by atoms with Gasteiger partial charge in [0.1, 0.15) is 0 Å². The maximum absolute atomic E-state index is 4.13. The Labute approximate surface area is 102 Å². The second-order valence-corrected chi connectivity index (χ2v) is 4.43. The van der Waals surface area contributed by atoms with E-state index in [0.29, 0.717) is 6.04 Å². The first kappa shape index (κ1) is 11.8. The van der Waals surface area contributed by atoms with Gasteiger partial charge in [0, 0.05) is 12.6 Å². The Bertz CT molecular complexity index is 447. The number of rotatable bonds is 5. The average Bonchev–Trinajstić information content (AvgIpc) is 2.75. The lowest BCUT2D eigenvalue weighted by Gasteiger charge is -2.04. The number of nitrogens with zero attached hydrogens (tertiary/aromatic N) is 3. The zero-order valence-electron chi connectivity index (χ0n) is 10.3. The summed E-state index contributed by atoms with van der Waals surface area (Å²) in [4.78, 5) is 0. The lowest BCUT2D eigenvalue weighted by molar-refractivity contribution is 0.580. The monoisotopic (exact) mass is 230 g/mol. The van der Waals surface area contributed by atoms with E-state index in [1.54, 1.807) is 0 Å². The number of hydrogen-bond acceptors (Lipinski definition) is 3. The molecule has 1 heterocycles. The molecule has 0 aliphatic carbocycles. The molecule has 17 heavy (non-hydrogen) atoms. The summed E-state index contributed by atoms with van der Waals surface area (Å²) in [7, 11) is 0. The molecule has 0 amide bonds. The lowest BCUT2D eigenvalue weighted by Crippen LogP contribution is -2.21. The van der Waals surface area contributed by atoms with Crippen LogP contribution in [0.5, 0.6) is 0 Å². The molecule has 1 aromatic heterocycles. The van der Waals surface area contributed by atoms with Crippen molar-refractivity contribution in [1.82, 2.24) is 20.3 Å². The first-order valence-electron chi connectivity index (χ1n) is 5.90. The second kappa shape index (κ2) is 5.59. The van der Waals surface area contributed by atoms with Crippen LogP contribution in [-0.4, -0.2) is 21.0 Å². The summed E-state index contributed by atoms with van der Waals surface area (Å²) in [5, 5.41) is 11.6. The number of aromatic nitrogens is 3. The first-order chi connectivity index (χ1) is 8.24. The van der Waals surface area contributed by atoms with Crippen LogP contribution in [0.4, 0.5) is 0 Å². The molecule has 0 atom stereocenters. The molecule has 0 saturated carbocycles. The number of hydrogen-bond donors (Lipinski definition) is 1. The summed E-state index contributed by atoms with van der Waals surface area (Å²) in [6.07, 6.45) is 1.99. The van der Waals surface area contributed by atoms with Gasteiger partial charge in [-0.05, 0) is 5.56 Å². The third kappa shape index (κ3) is 3.67. The Balaban J connectivity index is 1.94. The van der Waals surface area contributed by atoms with Gasteiger partial charge in [-0.2, -0.15) is 0 Å². The standard InChI is InChI=1S/C13H18N4/c1-11(2)14-8-13-10-17(16-15-13)9-12-6-4-3-5-7-12/h3-7,10-11,14H,8-9H2,1-2H3. The van der Waals surface area contributed by atoms with E-state index < -0.39 is 0 Å². The van der Waals surface area contributed by atoms with Crippen molar-refractivity contribution in [2.75, 3.05) is 0 Å². The van der Waals surface area contributed by atoms with E-state index in [-0.39, 0.29) is 0 Å². The molecule has 0 spiro atoms. The van der Waals surface area contributed by atoms with Gasteiger partial charge in [-0.3, -0.25) is 0 Å². The molecule has 4 nitrogen and oxygen atoms in total. The molecule has 1 N–H and O–H groups in total. The average molecular weight is 230 g/mol. The van der Waals surface area contributed by atoms with Crippen molar-refractivity contribution >= 4 is 0 Å². The largest absolute Gasteiger partial charge is 0.309 e. The lowest BCUT2D eigenvalue weighted by atomic mass is 10.2. The van der Waals surface area contributed by atoms with Crippen LogP contribution in [0.2, 0.25) is 0 Å². The highest BCUT2D eigenvalue weighted by molar-refractivity contribution is 5.14. The van der Waals surface area contributed by atoms with Crippen LogP contribution in [-0.2, 0) is 13.1 Å². The number of nitrogens with one attached hydrogen (secondary N) is 1. The third-order valence-electron chi connectivity index (χ3n) is 2.46. The van der Waals surface area contributed by atoms with Crippen LogP contribution < -0.4 is 5.32 Å². The molecule has 4 heteroatoms. The predicted molar refractivity (Wildman–Crippen MR) is 67.5 cm³/mol. The van der Waals surface area contributed by atoms with Crippen molar-refractivity contribution in [1.29, 1.82) is 0 Å². The fourth-order valence-electron chi connectivity index (χ4n) is 1.58. The van der Waals surface area contributed by atoms with Crippen molar-refractivity contribution in [2.45, 2.75) is 33.0 Å². The van der Waals surface area contributed by atoms with Gasteiger partial charge in [-0.15, -0.1) is 5.10 Å². The summed E-state index contributed by atoms with van der Waals surface area (Å²) >= 11 is 0. The van der Waals surface area contributed by atoms with Crippen molar-refractivity contribution in [3.05, 3.63) is 47.8 Å². The van der Waals surface area contributed by atoms with E-state index in [4.69, 9.17) is 0 Å². The quantitative estimate of drug-likeness (QED) is 0.852. The molecule has 0 radical (unpaired) electrons. The van der Waals surface area contributed by atoms with Gasteiger partial charge in [-0.1, -0.05) is 49.4 Å². The molecule has 0 unspecified atom stereocenters. The first-order valence-corrected chi connectivity index (χ1v) is 5.90. The summed E-state index contributed by atoms with van der Waals surface area (Å²) in [5.41, 5.74) is 2.22. The predicted octanol–water partition coefficient (Wildman–Crippen LogP) is 1.82. The zero-order chi connectivity index (χ0) is 12.1. The Morgan fingerprint density at radius 3 is 2.71 bits per heavy atom. The van der Waals surface area contributed by atoms with Gasteiger partial charge in [0.2, 0.25) is 0 Å². The molecule has 2 rings (SSSR count). The van der Waals surface area contributed by atoms with E-state index in [0.717, 1.165) is 18.8 Å². The smallest absolute Gasteiger partial charge is 0.0965 e. The Hall–Kier alpha value is -1.68. The summed E-state index contributed by atoms with van der Waals surface area (Å²) in [6, 6.07) is 10.7. The topological polar surface area (TPSA) is 42.7 Å². The van der Waals surface area contributed by atoms with Crippen molar-refractivity contribution in [2.24, 2.45) is 0 Å². The highest BCUT2D eigenvalue weighted by atomic mass is 15.4. The second-order valence-electron chi connectivity index (χ2n) is 4.43. The van der Waals surface area contributed by atoms with Crippen LogP contribution in [0, 0.1) is 0 Å². The van der Waals surface area contributed by atoms with Crippen molar-refractivity contribution < 1.29 is 0 Å². The molecule has 2 aromatic rings. The van der Waals surface area contributed by atoms with E-state index in [2.05, 4.69) is 41.6 Å². The van der Waals surface area contributed by atoms with Crippen LogP contribution in [0.25, 0.3) is 0 Å². The molecule has 0 bridgehead atoms. The van der Waals surface area contributed by atoms with E-state index in [9.17, 15) is 0 Å². The van der Waals surface area contributed by atoms with E-state index >= 15 is 0 Å². The molecule has 0 fully saturated rings. The van der Waals surface area contributed by atoms with Crippen LogP contribution in [0.3, 0.4) is 0 Å². The van der Waals surface area contributed by atoms with Crippen molar-refractivity contribution in [3.63, 3.8) is 0 Å². The molecule has 0 aliphatic rings. The Kier molecular flexibility index (Phi) is 3.88. The molecule has 0 saturated heterocycles. The van der Waals surface area contributed by atoms with Crippen LogP contribution in [0.1, 0.15) is 25.1 Å². The van der Waals surface area contributed by atoms with E-state index in [1.165, 1.54) is 5.56 Å². The summed E-state index contributed by atoms with van der Waals surface area (Å²) < 4.78 is 1.87. The van der Waals surface area contributed by atoms with Gasteiger partial charge in [0.05, 0.1) is 18.4 Å². The fourth-order valence-corrected chi connectivity index (χ4v) is 1.58. The zero-order valence-corrected chi connectivity index (χ0v) is 10.3. The molecule has 90 valence electrons. The van der Waals surface area contributed by atoms with E-state index in [1.807, 2.05) is 29.1 Å². The molecular formula is C13H18N4. The third-order valence-corrected chi connectivity index (χ3v) is 2.46. The van der Waals surface area contributed by atoms with Crippen molar-refractivity contribution in [3.8, 4) is 0 Å². The Morgan fingerprint density at radius 1 is 1.24 bits per heavy atom. The maximum atomic E-state index is 4.13.